The number of allylic oxidation sites excluding steroid dienone is 1. The molecule has 1 aliphatic carbocycles. The van der Waals surface area contributed by atoms with Crippen molar-refractivity contribution in [1.82, 2.24) is 15.3 Å². The molecule has 0 atom stereocenters. The van der Waals surface area contributed by atoms with E-state index in [0.717, 1.165) is 58.1 Å². The van der Waals surface area contributed by atoms with Crippen LogP contribution in [0.4, 0.5) is 0 Å². The van der Waals surface area contributed by atoms with Crippen LogP contribution < -0.4 is 14.8 Å². The van der Waals surface area contributed by atoms with E-state index >= 15 is 0 Å². The summed E-state index contributed by atoms with van der Waals surface area (Å²) in [7, 11) is 0. The van der Waals surface area contributed by atoms with Crippen molar-refractivity contribution >= 4 is 27.7 Å². The number of hydrogen-bond donors (Lipinski definition) is 2. The van der Waals surface area contributed by atoms with E-state index in [-0.39, 0.29) is 12.7 Å². The van der Waals surface area contributed by atoms with Crippen LogP contribution in [-0.2, 0) is 0 Å². The molecule has 0 spiro atoms. The molecule has 0 fully saturated rings. The van der Waals surface area contributed by atoms with Crippen LogP contribution in [0.3, 0.4) is 0 Å². The van der Waals surface area contributed by atoms with Gasteiger partial charge in [0.25, 0.3) is 5.91 Å². The Bertz CT molecular complexity index is 1400. The normalized spacial score (nSPS) is 15.1. The van der Waals surface area contributed by atoms with Crippen LogP contribution in [0, 0.1) is 0 Å². The number of aromatic nitrogens is 2. The van der Waals surface area contributed by atoms with Crippen molar-refractivity contribution in [1.29, 1.82) is 0 Å². The summed E-state index contributed by atoms with van der Waals surface area (Å²) in [5.74, 6) is 1.26. The van der Waals surface area contributed by atoms with Gasteiger partial charge in [-0.1, -0.05) is 29.8 Å². The Balaban J connectivity index is 1.38. The highest BCUT2D eigenvalue weighted by molar-refractivity contribution is 6.13. The molecule has 0 radical (unpaired) electrons. The van der Waals surface area contributed by atoms with Gasteiger partial charge in [-0.2, -0.15) is 0 Å². The molecule has 3 heterocycles. The lowest BCUT2D eigenvalue weighted by Crippen LogP contribution is -2.26. The lowest BCUT2D eigenvalue weighted by Gasteiger charge is -2.13. The molecule has 1 aliphatic heterocycles. The third-order valence-electron chi connectivity index (χ3n) is 6.49. The van der Waals surface area contributed by atoms with E-state index in [1.807, 2.05) is 42.5 Å². The maximum Gasteiger partial charge on any atom is 0.269 e. The Morgan fingerprint density at radius 2 is 1.94 bits per heavy atom. The SMILES string of the molecule is O=C(NCCC1=CCCCC1)c1cc2c([nH]c3ccccc32)c(-c2ccc3c(c2)OCO3)n1. The second kappa shape index (κ2) is 8.28. The van der Waals surface area contributed by atoms with Gasteiger partial charge in [-0.05, 0) is 62.4 Å². The minimum atomic E-state index is -0.152. The Kier molecular flexibility index (Phi) is 4.98. The van der Waals surface area contributed by atoms with Gasteiger partial charge < -0.3 is 19.8 Å². The molecule has 0 bridgehead atoms. The second-order valence-corrected chi connectivity index (χ2v) is 8.63. The molecule has 0 saturated carbocycles. The van der Waals surface area contributed by atoms with Crippen LogP contribution in [0.5, 0.6) is 11.5 Å². The number of aromatic amines is 1. The maximum atomic E-state index is 13.1. The van der Waals surface area contributed by atoms with Gasteiger partial charge in [-0.15, -0.1) is 0 Å². The first-order valence-electron chi connectivity index (χ1n) is 11.5. The number of carbonyl (C=O) groups excluding carboxylic acids is 1. The zero-order valence-corrected chi connectivity index (χ0v) is 18.3. The summed E-state index contributed by atoms with van der Waals surface area (Å²) < 4.78 is 11.0. The van der Waals surface area contributed by atoms with Gasteiger partial charge in [-0.25, -0.2) is 4.98 Å². The number of fused-ring (bicyclic) bond motifs is 4. The van der Waals surface area contributed by atoms with Gasteiger partial charge >= 0.3 is 0 Å². The Morgan fingerprint density at radius 3 is 2.85 bits per heavy atom. The highest BCUT2D eigenvalue weighted by atomic mass is 16.7. The standard InChI is InChI=1S/C27H25N3O3/c31-27(28-13-12-17-6-2-1-3-7-17)22-15-20-19-8-4-5-9-21(19)29-26(20)25(30-22)18-10-11-23-24(14-18)33-16-32-23/h4-6,8-11,14-15,29H,1-3,7,12-13,16H2,(H,28,31). The van der Waals surface area contributed by atoms with Crippen LogP contribution in [0.25, 0.3) is 33.1 Å². The first-order chi connectivity index (χ1) is 16.3. The Hall–Kier alpha value is -3.80. The molecule has 0 unspecified atom stereocenters. The second-order valence-electron chi connectivity index (χ2n) is 8.63. The molecule has 33 heavy (non-hydrogen) atoms. The number of nitrogens with zero attached hydrogens (tertiary/aromatic N) is 1. The number of carbonyl (C=O) groups is 1. The predicted molar refractivity (Wildman–Crippen MR) is 129 cm³/mol. The summed E-state index contributed by atoms with van der Waals surface area (Å²) in [5.41, 5.74) is 5.37. The molecule has 166 valence electrons. The number of benzene rings is 2. The van der Waals surface area contributed by atoms with Crippen molar-refractivity contribution in [3.63, 3.8) is 0 Å². The summed E-state index contributed by atoms with van der Waals surface area (Å²) in [5, 5.41) is 5.12. The molecule has 4 aromatic rings. The molecule has 2 aromatic carbocycles. The topological polar surface area (TPSA) is 76.2 Å². The first-order valence-corrected chi connectivity index (χ1v) is 11.5. The van der Waals surface area contributed by atoms with Crippen molar-refractivity contribution in [3.8, 4) is 22.8 Å². The summed E-state index contributed by atoms with van der Waals surface area (Å²) in [4.78, 5) is 21.4. The van der Waals surface area contributed by atoms with Crippen LogP contribution in [0.1, 0.15) is 42.6 Å². The molecule has 0 saturated heterocycles. The van der Waals surface area contributed by atoms with Crippen molar-refractivity contribution in [2.45, 2.75) is 32.1 Å². The zero-order chi connectivity index (χ0) is 22.2. The van der Waals surface area contributed by atoms with E-state index in [0.29, 0.717) is 18.0 Å². The molecule has 6 nitrogen and oxygen atoms in total. The fourth-order valence-electron chi connectivity index (χ4n) is 4.77. The fourth-order valence-corrected chi connectivity index (χ4v) is 4.77. The third-order valence-corrected chi connectivity index (χ3v) is 6.49. The number of amides is 1. The third kappa shape index (κ3) is 3.71. The average Bonchev–Trinajstić information content (AvgIpc) is 3.48. The number of H-pyrrole nitrogens is 1. The summed E-state index contributed by atoms with van der Waals surface area (Å²) >= 11 is 0. The van der Waals surface area contributed by atoms with Crippen LogP contribution in [-0.4, -0.2) is 29.2 Å². The molecule has 1 amide bonds. The Morgan fingerprint density at radius 1 is 1.03 bits per heavy atom. The lowest BCUT2D eigenvalue weighted by atomic mass is 9.97. The minimum Gasteiger partial charge on any atom is -0.454 e. The summed E-state index contributed by atoms with van der Waals surface area (Å²) in [6.07, 6.45) is 8.04. The van der Waals surface area contributed by atoms with Gasteiger partial charge in [0.1, 0.15) is 5.69 Å². The summed E-state index contributed by atoms with van der Waals surface area (Å²) in [6.45, 7) is 0.838. The molecule has 2 aromatic heterocycles. The minimum absolute atomic E-state index is 0.152. The first kappa shape index (κ1) is 19.9. The number of hydrogen-bond acceptors (Lipinski definition) is 4. The van der Waals surface area contributed by atoms with E-state index < -0.39 is 0 Å². The van der Waals surface area contributed by atoms with E-state index in [1.54, 1.807) is 0 Å². The Labute approximate surface area is 191 Å². The van der Waals surface area contributed by atoms with Gasteiger partial charge in [0.2, 0.25) is 6.79 Å². The van der Waals surface area contributed by atoms with E-state index in [4.69, 9.17) is 14.5 Å². The summed E-state index contributed by atoms with van der Waals surface area (Å²) in [6, 6.07) is 15.8. The average molecular weight is 440 g/mol. The van der Waals surface area contributed by atoms with Crippen molar-refractivity contribution < 1.29 is 14.3 Å². The van der Waals surface area contributed by atoms with Crippen molar-refractivity contribution in [2.24, 2.45) is 0 Å². The largest absolute Gasteiger partial charge is 0.454 e. The highest BCUT2D eigenvalue weighted by Crippen LogP contribution is 2.38. The molecular weight excluding hydrogens is 414 g/mol. The number of para-hydroxylation sites is 1. The molecule has 6 rings (SSSR count). The molecule has 2 N–H and O–H groups in total. The van der Waals surface area contributed by atoms with Crippen LogP contribution >= 0.6 is 0 Å². The smallest absolute Gasteiger partial charge is 0.269 e. The van der Waals surface area contributed by atoms with Crippen LogP contribution in [0.15, 0.2) is 60.2 Å². The monoisotopic (exact) mass is 439 g/mol. The molecule has 6 heteroatoms. The van der Waals surface area contributed by atoms with E-state index in [9.17, 15) is 4.79 Å². The maximum absolute atomic E-state index is 13.1. The zero-order valence-electron chi connectivity index (χ0n) is 18.3. The van der Waals surface area contributed by atoms with E-state index in [2.05, 4.69) is 22.4 Å². The highest BCUT2D eigenvalue weighted by Gasteiger charge is 2.20. The van der Waals surface area contributed by atoms with Gasteiger partial charge in [0.15, 0.2) is 11.5 Å². The molecule has 2 aliphatic rings. The van der Waals surface area contributed by atoms with Gasteiger partial charge in [-0.3, -0.25) is 4.79 Å². The number of nitrogens with one attached hydrogen (secondary N) is 2. The predicted octanol–water partition coefficient (Wildman–Crippen LogP) is 5.73. The van der Waals surface area contributed by atoms with Crippen molar-refractivity contribution in [2.75, 3.05) is 13.3 Å². The van der Waals surface area contributed by atoms with Gasteiger partial charge in [0, 0.05) is 28.4 Å². The van der Waals surface area contributed by atoms with Crippen molar-refractivity contribution in [3.05, 3.63) is 65.9 Å². The fraction of sp³-hybridized carbons (Fsp3) is 0.259. The van der Waals surface area contributed by atoms with E-state index in [1.165, 1.54) is 18.4 Å². The van der Waals surface area contributed by atoms with Gasteiger partial charge in [0.05, 0.1) is 11.2 Å². The quantitative estimate of drug-likeness (QED) is 0.389. The molecular formula is C27H25N3O3. The number of rotatable bonds is 5. The number of pyridine rings is 1. The number of ether oxygens (including phenoxy) is 2. The lowest BCUT2D eigenvalue weighted by molar-refractivity contribution is 0.0949. The van der Waals surface area contributed by atoms with Crippen LogP contribution in [0.2, 0.25) is 0 Å².